The van der Waals surface area contributed by atoms with Gasteiger partial charge < -0.3 is 21.1 Å². The number of morpholine rings is 1. The molecule has 194 valence electrons. The highest BCUT2D eigenvalue weighted by Crippen LogP contribution is 2.37. The van der Waals surface area contributed by atoms with Crippen LogP contribution in [0.2, 0.25) is 0 Å². The van der Waals surface area contributed by atoms with Crippen LogP contribution in [0.3, 0.4) is 0 Å². The van der Waals surface area contributed by atoms with E-state index in [1.807, 2.05) is 24.3 Å². The quantitative estimate of drug-likeness (QED) is 0.421. The Morgan fingerprint density at radius 1 is 1.00 bits per heavy atom. The van der Waals surface area contributed by atoms with E-state index in [9.17, 15) is 22.8 Å². The number of nitrogens with zero attached hydrogens (tertiary/aromatic N) is 2. The number of benzene rings is 2. The molecule has 37 heavy (non-hydrogen) atoms. The van der Waals surface area contributed by atoms with Crippen LogP contribution in [0.5, 0.6) is 0 Å². The molecule has 1 saturated heterocycles. The maximum Gasteiger partial charge on any atom is 0.419 e. The minimum absolute atomic E-state index is 0.0216. The lowest BCUT2D eigenvalue weighted by Gasteiger charge is -2.26. The largest absolute Gasteiger partial charge is 0.419 e. The number of anilines is 3. The van der Waals surface area contributed by atoms with E-state index in [0.717, 1.165) is 36.8 Å². The first-order valence-corrected chi connectivity index (χ1v) is 11.6. The number of carbonyl (C=O) groups is 2. The summed E-state index contributed by atoms with van der Waals surface area (Å²) in [5.74, 6) is -1.30. The zero-order valence-corrected chi connectivity index (χ0v) is 19.8. The summed E-state index contributed by atoms with van der Waals surface area (Å²) in [6.07, 6.45) is -4.07. The van der Waals surface area contributed by atoms with Crippen LogP contribution in [-0.2, 0) is 28.7 Å². The van der Waals surface area contributed by atoms with Gasteiger partial charge in [-0.2, -0.15) is 13.2 Å². The number of rotatable bonds is 8. The van der Waals surface area contributed by atoms with Crippen LogP contribution in [-0.4, -0.2) is 48.0 Å². The average molecular weight is 514 g/mol. The molecule has 1 aliphatic rings. The first-order chi connectivity index (χ1) is 17.7. The molecule has 1 aliphatic heterocycles. The Kier molecular flexibility index (Phi) is 8.04. The Hall–Kier alpha value is -3.96. The molecule has 2 heterocycles. The van der Waals surface area contributed by atoms with Gasteiger partial charge in [0.05, 0.1) is 42.1 Å². The van der Waals surface area contributed by atoms with Gasteiger partial charge >= 0.3 is 6.18 Å². The summed E-state index contributed by atoms with van der Waals surface area (Å²) < 4.78 is 46.2. The van der Waals surface area contributed by atoms with Crippen molar-refractivity contribution in [1.29, 1.82) is 0 Å². The van der Waals surface area contributed by atoms with Crippen molar-refractivity contribution < 1.29 is 27.5 Å². The molecular formula is C26H26F3N5O3. The summed E-state index contributed by atoms with van der Waals surface area (Å²) in [5, 5.41) is 5.15. The van der Waals surface area contributed by atoms with Crippen molar-refractivity contribution in [1.82, 2.24) is 9.88 Å². The van der Waals surface area contributed by atoms with Crippen molar-refractivity contribution in [3.8, 4) is 0 Å². The average Bonchev–Trinajstić information content (AvgIpc) is 2.85. The maximum absolute atomic E-state index is 13.6. The SMILES string of the molecule is NC(=O)c1ccccc1Nc1cc(NC(=O)Cc2ccc(CN3CCOCC3)cc2)ncc1C(F)(F)F. The zero-order chi connectivity index (χ0) is 26.4. The molecule has 1 aromatic heterocycles. The highest BCUT2D eigenvalue weighted by molar-refractivity contribution is 5.99. The third-order valence-corrected chi connectivity index (χ3v) is 5.84. The molecule has 2 amide bonds. The second-order valence-corrected chi connectivity index (χ2v) is 8.58. The molecule has 0 bridgehead atoms. The highest BCUT2D eigenvalue weighted by Gasteiger charge is 2.34. The molecule has 2 aromatic carbocycles. The van der Waals surface area contributed by atoms with Gasteiger partial charge in [0.2, 0.25) is 5.91 Å². The number of pyridine rings is 1. The number of hydrogen-bond acceptors (Lipinski definition) is 6. The maximum atomic E-state index is 13.6. The Morgan fingerprint density at radius 3 is 2.35 bits per heavy atom. The highest BCUT2D eigenvalue weighted by atomic mass is 19.4. The number of carbonyl (C=O) groups excluding carboxylic acids is 2. The van der Waals surface area contributed by atoms with Crippen LogP contribution in [0, 0.1) is 0 Å². The van der Waals surface area contributed by atoms with Gasteiger partial charge in [-0.05, 0) is 23.3 Å². The topological polar surface area (TPSA) is 110 Å². The number of nitrogens with one attached hydrogen (secondary N) is 2. The third kappa shape index (κ3) is 7.05. The number of aromatic nitrogens is 1. The number of nitrogens with two attached hydrogens (primary N) is 1. The summed E-state index contributed by atoms with van der Waals surface area (Å²) in [5.41, 5.74) is 5.90. The minimum atomic E-state index is -4.72. The number of para-hydroxylation sites is 1. The van der Waals surface area contributed by atoms with Crippen molar-refractivity contribution >= 4 is 29.0 Å². The fourth-order valence-corrected chi connectivity index (χ4v) is 3.96. The van der Waals surface area contributed by atoms with Crippen molar-refractivity contribution in [3.63, 3.8) is 0 Å². The second-order valence-electron chi connectivity index (χ2n) is 8.58. The molecule has 0 radical (unpaired) electrons. The minimum Gasteiger partial charge on any atom is -0.379 e. The number of ether oxygens (including phenoxy) is 1. The van der Waals surface area contributed by atoms with Crippen molar-refractivity contribution in [2.24, 2.45) is 5.73 Å². The van der Waals surface area contributed by atoms with Crippen LogP contribution in [0.1, 0.15) is 27.0 Å². The van der Waals surface area contributed by atoms with E-state index in [4.69, 9.17) is 10.5 Å². The van der Waals surface area contributed by atoms with Gasteiger partial charge in [0.1, 0.15) is 5.82 Å². The van der Waals surface area contributed by atoms with Crippen LogP contribution in [0.15, 0.2) is 60.8 Å². The molecule has 0 spiro atoms. The van der Waals surface area contributed by atoms with E-state index < -0.39 is 23.6 Å². The second kappa shape index (κ2) is 11.4. The van der Waals surface area contributed by atoms with Gasteiger partial charge in [0.25, 0.3) is 5.91 Å². The Balaban J connectivity index is 1.45. The van der Waals surface area contributed by atoms with E-state index in [2.05, 4.69) is 20.5 Å². The molecule has 3 aromatic rings. The van der Waals surface area contributed by atoms with E-state index in [1.54, 1.807) is 12.1 Å². The summed E-state index contributed by atoms with van der Waals surface area (Å²) in [6, 6.07) is 14.6. The predicted octanol–water partition coefficient (Wildman–Crippen LogP) is 3.96. The molecule has 0 saturated carbocycles. The third-order valence-electron chi connectivity index (χ3n) is 5.84. The number of primary amides is 1. The first-order valence-electron chi connectivity index (χ1n) is 11.6. The van der Waals surface area contributed by atoms with E-state index in [-0.39, 0.29) is 29.2 Å². The molecule has 0 aliphatic carbocycles. The van der Waals surface area contributed by atoms with Crippen molar-refractivity contribution in [2.75, 3.05) is 36.9 Å². The molecule has 11 heteroatoms. The number of halogens is 3. The van der Waals surface area contributed by atoms with Gasteiger partial charge in [-0.15, -0.1) is 0 Å². The van der Waals surface area contributed by atoms with Gasteiger partial charge in [0, 0.05) is 31.9 Å². The first kappa shape index (κ1) is 26.1. The molecular weight excluding hydrogens is 487 g/mol. The van der Waals surface area contributed by atoms with Gasteiger partial charge in [-0.1, -0.05) is 36.4 Å². The van der Waals surface area contributed by atoms with Gasteiger partial charge in [0.15, 0.2) is 0 Å². The molecule has 4 N–H and O–H groups in total. The lowest BCUT2D eigenvalue weighted by molar-refractivity contribution is -0.137. The molecule has 0 atom stereocenters. The lowest BCUT2D eigenvalue weighted by atomic mass is 10.1. The zero-order valence-electron chi connectivity index (χ0n) is 19.8. The number of hydrogen-bond donors (Lipinski definition) is 3. The van der Waals surface area contributed by atoms with Gasteiger partial charge in [-0.3, -0.25) is 14.5 Å². The van der Waals surface area contributed by atoms with Gasteiger partial charge in [-0.25, -0.2) is 4.98 Å². The smallest absolute Gasteiger partial charge is 0.379 e. The van der Waals surface area contributed by atoms with E-state index in [0.29, 0.717) is 19.4 Å². The summed E-state index contributed by atoms with van der Waals surface area (Å²) in [6.45, 7) is 3.96. The van der Waals surface area contributed by atoms with Crippen molar-refractivity contribution in [3.05, 3.63) is 83.0 Å². The monoisotopic (exact) mass is 513 g/mol. The lowest BCUT2D eigenvalue weighted by Crippen LogP contribution is -2.35. The summed E-state index contributed by atoms with van der Waals surface area (Å²) in [7, 11) is 0. The molecule has 4 rings (SSSR count). The Labute approximate surface area is 211 Å². The van der Waals surface area contributed by atoms with Crippen LogP contribution in [0.25, 0.3) is 0 Å². The van der Waals surface area contributed by atoms with E-state index in [1.165, 1.54) is 12.1 Å². The fourth-order valence-electron chi connectivity index (χ4n) is 3.96. The van der Waals surface area contributed by atoms with Crippen LogP contribution in [0.4, 0.5) is 30.4 Å². The fraction of sp³-hybridized carbons (Fsp3) is 0.269. The van der Waals surface area contributed by atoms with Crippen LogP contribution >= 0.6 is 0 Å². The Bertz CT molecular complexity index is 1260. The standard InChI is InChI=1S/C26H26F3N5O3/c27-26(28,29)20-15-31-23(14-22(20)32-21-4-2-1-3-19(21)25(30)36)33-24(35)13-17-5-7-18(8-6-17)16-34-9-11-37-12-10-34/h1-8,14-15H,9-13,16H2,(H2,30,36)(H2,31,32,33,35). The Morgan fingerprint density at radius 2 is 1.68 bits per heavy atom. The molecule has 1 fully saturated rings. The normalized spacial score (nSPS) is 14.2. The summed E-state index contributed by atoms with van der Waals surface area (Å²) >= 11 is 0. The number of amides is 2. The van der Waals surface area contributed by atoms with Crippen molar-refractivity contribution in [2.45, 2.75) is 19.1 Å². The van der Waals surface area contributed by atoms with E-state index >= 15 is 0 Å². The molecule has 0 unspecified atom stereocenters. The number of alkyl halides is 3. The molecule has 8 nitrogen and oxygen atoms in total. The summed E-state index contributed by atoms with van der Waals surface area (Å²) in [4.78, 5) is 30.3. The van der Waals surface area contributed by atoms with Crippen LogP contribution < -0.4 is 16.4 Å². The predicted molar refractivity (Wildman–Crippen MR) is 132 cm³/mol.